The number of carbonyl (C=O) groups is 2. The molecule has 27 heavy (non-hydrogen) atoms. The lowest BCUT2D eigenvalue weighted by atomic mass is 9.96. The van der Waals surface area contributed by atoms with Crippen molar-refractivity contribution in [2.45, 2.75) is 58.8 Å². The zero-order valence-corrected chi connectivity index (χ0v) is 17.4. The van der Waals surface area contributed by atoms with Crippen molar-refractivity contribution in [1.82, 2.24) is 4.90 Å². The number of nitrogens with one attached hydrogen (secondary N) is 1. The van der Waals surface area contributed by atoms with Gasteiger partial charge >= 0.3 is 12.3 Å². The Kier molecular flexibility index (Phi) is 7.32. The fourth-order valence-corrected chi connectivity index (χ4v) is 3.10. The fraction of sp³-hybridized carbons (Fsp3) is 0.556. The quantitative estimate of drug-likeness (QED) is 0.610. The van der Waals surface area contributed by atoms with Crippen LogP contribution in [0.3, 0.4) is 0 Å². The van der Waals surface area contributed by atoms with Gasteiger partial charge in [-0.25, -0.2) is 4.79 Å². The molecule has 2 amide bonds. The number of benzene rings is 1. The number of halogens is 4. The largest absolute Gasteiger partial charge is 0.465 e. The molecule has 0 radical (unpaired) electrons. The number of hydrogen-bond acceptors (Lipinski definition) is 2. The Bertz CT molecular complexity index is 700. The second kappa shape index (κ2) is 8.50. The van der Waals surface area contributed by atoms with Crippen molar-refractivity contribution in [2.24, 2.45) is 5.92 Å². The summed E-state index contributed by atoms with van der Waals surface area (Å²) in [5, 5.41) is 11.9. The van der Waals surface area contributed by atoms with Crippen molar-refractivity contribution in [3.05, 3.63) is 28.2 Å². The summed E-state index contributed by atoms with van der Waals surface area (Å²) < 4.78 is 40.1. The van der Waals surface area contributed by atoms with Crippen molar-refractivity contribution < 1.29 is 27.9 Å². The van der Waals surface area contributed by atoms with Crippen LogP contribution in [0.4, 0.5) is 23.7 Å². The van der Waals surface area contributed by atoms with E-state index in [1.807, 2.05) is 13.8 Å². The predicted molar refractivity (Wildman–Crippen MR) is 101 cm³/mol. The maximum atomic E-state index is 13.3. The molecule has 1 atom stereocenters. The molecule has 9 heteroatoms. The standard InChI is InChI=1S/C18H24BrF3N2O3/c1-10(2)8-14(24(16(26)27)17(3,4)5)15(25)23-13-7-6-11(19)9-12(13)18(20,21)22/h6-7,9-10,14H,8H2,1-5H3,(H,23,25)(H,26,27)/t14-/m1/s1. The first-order valence-electron chi connectivity index (χ1n) is 8.34. The minimum Gasteiger partial charge on any atom is -0.465 e. The van der Waals surface area contributed by atoms with E-state index >= 15 is 0 Å². The molecule has 0 fully saturated rings. The molecule has 0 aliphatic carbocycles. The van der Waals surface area contributed by atoms with Crippen molar-refractivity contribution in [3.63, 3.8) is 0 Å². The summed E-state index contributed by atoms with van der Waals surface area (Å²) in [6.07, 6.45) is -5.81. The first-order valence-corrected chi connectivity index (χ1v) is 9.13. The third-order valence-electron chi connectivity index (χ3n) is 3.78. The highest BCUT2D eigenvalue weighted by molar-refractivity contribution is 9.10. The van der Waals surface area contributed by atoms with Crippen LogP contribution >= 0.6 is 15.9 Å². The summed E-state index contributed by atoms with van der Waals surface area (Å²) in [4.78, 5) is 25.5. The minimum absolute atomic E-state index is 0.0445. The summed E-state index contributed by atoms with van der Waals surface area (Å²) in [7, 11) is 0. The Hall–Kier alpha value is -1.77. The highest BCUT2D eigenvalue weighted by Crippen LogP contribution is 2.37. The van der Waals surface area contributed by atoms with Gasteiger partial charge in [0.1, 0.15) is 6.04 Å². The van der Waals surface area contributed by atoms with E-state index in [0.29, 0.717) is 0 Å². The number of carbonyl (C=O) groups excluding carboxylic acids is 1. The van der Waals surface area contributed by atoms with E-state index < -0.39 is 41.0 Å². The third kappa shape index (κ3) is 6.41. The maximum absolute atomic E-state index is 13.3. The second-order valence-corrected chi connectivity index (χ2v) is 8.56. The highest BCUT2D eigenvalue weighted by Gasteiger charge is 2.39. The van der Waals surface area contributed by atoms with Crippen LogP contribution in [0.1, 0.15) is 46.6 Å². The zero-order valence-electron chi connectivity index (χ0n) is 15.8. The number of hydrogen-bond donors (Lipinski definition) is 2. The summed E-state index contributed by atoms with van der Waals surface area (Å²) >= 11 is 2.99. The van der Waals surface area contributed by atoms with Gasteiger partial charge in [-0.1, -0.05) is 29.8 Å². The number of anilines is 1. The first kappa shape index (κ1) is 23.3. The normalized spacial score (nSPS) is 13.4. The molecule has 5 nitrogen and oxygen atoms in total. The van der Waals surface area contributed by atoms with Crippen LogP contribution < -0.4 is 5.32 Å². The molecule has 1 rings (SSSR count). The van der Waals surface area contributed by atoms with E-state index in [2.05, 4.69) is 21.2 Å². The molecule has 0 unspecified atom stereocenters. The van der Waals surface area contributed by atoms with Gasteiger partial charge in [-0.05, 0) is 51.3 Å². The topological polar surface area (TPSA) is 69.6 Å². The maximum Gasteiger partial charge on any atom is 0.418 e. The monoisotopic (exact) mass is 452 g/mol. The first-order chi connectivity index (χ1) is 12.1. The van der Waals surface area contributed by atoms with E-state index in [0.717, 1.165) is 17.0 Å². The molecule has 0 saturated heterocycles. The molecular formula is C18H24BrF3N2O3. The molecule has 152 valence electrons. The fourth-order valence-electron chi connectivity index (χ4n) is 2.74. The van der Waals surface area contributed by atoms with Crippen LogP contribution in [-0.4, -0.2) is 33.6 Å². The number of carboxylic acid groups (broad SMARTS) is 1. The smallest absolute Gasteiger partial charge is 0.418 e. The second-order valence-electron chi connectivity index (χ2n) is 7.65. The number of alkyl halides is 3. The predicted octanol–water partition coefficient (Wildman–Crippen LogP) is 5.60. The van der Waals surface area contributed by atoms with Crippen LogP contribution in [-0.2, 0) is 11.0 Å². The summed E-state index contributed by atoms with van der Waals surface area (Å²) in [5.74, 6) is -0.842. The van der Waals surface area contributed by atoms with Crippen LogP contribution in [0, 0.1) is 5.92 Å². The minimum atomic E-state index is -4.67. The van der Waals surface area contributed by atoms with Gasteiger partial charge in [0.15, 0.2) is 0 Å². The molecule has 0 aliphatic rings. The molecule has 1 aromatic rings. The molecule has 1 aromatic carbocycles. The van der Waals surface area contributed by atoms with E-state index in [1.165, 1.54) is 6.07 Å². The van der Waals surface area contributed by atoms with Gasteiger partial charge in [-0.3, -0.25) is 9.69 Å². The molecule has 0 spiro atoms. The Balaban J connectivity index is 3.32. The van der Waals surface area contributed by atoms with Gasteiger partial charge in [0.05, 0.1) is 11.3 Å². The Labute approximate surface area is 165 Å². The number of nitrogens with zero attached hydrogens (tertiary/aromatic N) is 1. The molecule has 0 heterocycles. The van der Waals surface area contributed by atoms with Gasteiger partial charge < -0.3 is 10.4 Å². The molecule has 0 saturated carbocycles. The van der Waals surface area contributed by atoms with Gasteiger partial charge in [0, 0.05) is 10.0 Å². The lowest BCUT2D eigenvalue weighted by molar-refractivity contribution is -0.137. The SMILES string of the molecule is CC(C)C[C@H](C(=O)Nc1ccc(Br)cc1C(F)(F)F)N(C(=O)O)C(C)(C)C. The van der Waals surface area contributed by atoms with E-state index in [-0.39, 0.29) is 16.8 Å². The van der Waals surface area contributed by atoms with Crippen molar-refractivity contribution in [1.29, 1.82) is 0 Å². The van der Waals surface area contributed by atoms with Gasteiger partial charge in [0.25, 0.3) is 0 Å². The molecule has 2 N–H and O–H groups in total. The molecular weight excluding hydrogens is 429 g/mol. The zero-order chi connectivity index (χ0) is 21.2. The van der Waals surface area contributed by atoms with Gasteiger partial charge in [-0.15, -0.1) is 0 Å². The van der Waals surface area contributed by atoms with Crippen LogP contribution in [0.2, 0.25) is 0 Å². The van der Waals surface area contributed by atoms with E-state index in [1.54, 1.807) is 20.8 Å². The average molecular weight is 453 g/mol. The Morgan fingerprint density at radius 3 is 2.19 bits per heavy atom. The van der Waals surface area contributed by atoms with Gasteiger partial charge in [-0.2, -0.15) is 13.2 Å². The number of rotatable bonds is 5. The molecule has 0 bridgehead atoms. The Morgan fingerprint density at radius 2 is 1.78 bits per heavy atom. The summed E-state index contributed by atoms with van der Waals surface area (Å²) in [5.41, 5.74) is -2.33. The van der Waals surface area contributed by atoms with Gasteiger partial charge in [0.2, 0.25) is 5.91 Å². The molecule has 0 aromatic heterocycles. The lowest BCUT2D eigenvalue weighted by Gasteiger charge is -2.39. The molecule has 0 aliphatic heterocycles. The average Bonchev–Trinajstić information content (AvgIpc) is 2.44. The lowest BCUT2D eigenvalue weighted by Crippen LogP contribution is -2.56. The summed E-state index contributed by atoms with van der Waals surface area (Å²) in [6.45, 7) is 8.50. The highest BCUT2D eigenvalue weighted by atomic mass is 79.9. The van der Waals surface area contributed by atoms with E-state index in [4.69, 9.17) is 0 Å². The van der Waals surface area contributed by atoms with Crippen molar-refractivity contribution in [2.75, 3.05) is 5.32 Å². The summed E-state index contributed by atoms with van der Waals surface area (Å²) in [6, 6.07) is 2.25. The van der Waals surface area contributed by atoms with Crippen molar-refractivity contribution >= 4 is 33.6 Å². The Morgan fingerprint density at radius 1 is 1.22 bits per heavy atom. The van der Waals surface area contributed by atoms with Crippen molar-refractivity contribution in [3.8, 4) is 0 Å². The van der Waals surface area contributed by atoms with E-state index in [9.17, 15) is 27.9 Å². The van der Waals surface area contributed by atoms with Crippen LogP contribution in [0.25, 0.3) is 0 Å². The third-order valence-corrected chi connectivity index (χ3v) is 4.28. The number of amides is 2. The van der Waals surface area contributed by atoms with Crippen LogP contribution in [0.5, 0.6) is 0 Å². The van der Waals surface area contributed by atoms with Crippen LogP contribution in [0.15, 0.2) is 22.7 Å².